The van der Waals surface area contributed by atoms with Crippen molar-refractivity contribution in [1.29, 1.82) is 0 Å². The highest BCUT2D eigenvalue weighted by atomic mass is 15.2. The van der Waals surface area contributed by atoms with E-state index in [4.69, 9.17) is 28.7 Å². The average molecular weight is 278 g/mol. The largest absolute Gasteiger partial charge is 0.399 e. The van der Waals surface area contributed by atoms with Gasteiger partial charge in [-0.05, 0) is 37.1 Å². The molecule has 0 amide bonds. The van der Waals surface area contributed by atoms with Crippen molar-refractivity contribution in [2.24, 2.45) is 22.9 Å². The summed E-state index contributed by atoms with van der Waals surface area (Å²) in [6, 6.07) is 8.07. The summed E-state index contributed by atoms with van der Waals surface area (Å²) in [5, 5.41) is 0. The number of hydrogen-bond donors (Lipinski definition) is 5. The van der Waals surface area contributed by atoms with Crippen molar-refractivity contribution in [1.82, 2.24) is 0 Å². The molecule has 0 bridgehead atoms. The molecule has 0 saturated carbocycles. The molecule has 0 aromatic heterocycles. The lowest BCUT2D eigenvalue weighted by Crippen LogP contribution is -2.55. The van der Waals surface area contributed by atoms with Crippen LogP contribution in [0.25, 0.3) is 0 Å². The Labute approximate surface area is 120 Å². The first-order valence-corrected chi connectivity index (χ1v) is 7.13. The van der Waals surface area contributed by atoms with Crippen LogP contribution in [-0.2, 0) is 0 Å². The quantitative estimate of drug-likeness (QED) is 0.447. The molecule has 2 rings (SSSR count). The second-order valence-corrected chi connectivity index (χ2v) is 5.51. The van der Waals surface area contributed by atoms with E-state index in [1.807, 2.05) is 24.3 Å². The summed E-state index contributed by atoms with van der Waals surface area (Å²) in [5.74, 6) is 0. The summed E-state index contributed by atoms with van der Waals surface area (Å²) in [6.45, 7) is 0.918. The van der Waals surface area contributed by atoms with Crippen LogP contribution in [0.1, 0.15) is 12.8 Å². The van der Waals surface area contributed by atoms with Gasteiger partial charge >= 0.3 is 0 Å². The Morgan fingerprint density at radius 2 is 1.40 bits per heavy atom. The predicted molar refractivity (Wildman–Crippen MR) is 84.2 cm³/mol. The Balaban J connectivity index is 2.30. The van der Waals surface area contributed by atoms with Crippen LogP contribution in [0, 0.1) is 0 Å². The van der Waals surface area contributed by atoms with E-state index >= 15 is 0 Å². The molecule has 1 fully saturated rings. The number of hydrogen-bond acceptors (Lipinski definition) is 6. The smallest absolute Gasteiger partial charge is 0.0458 e. The Kier molecular flexibility index (Phi) is 4.82. The Bertz CT molecular complexity index is 402. The number of benzene rings is 1. The van der Waals surface area contributed by atoms with E-state index in [9.17, 15) is 0 Å². The Morgan fingerprint density at radius 3 is 1.80 bits per heavy atom. The minimum atomic E-state index is -0.0671. The third kappa shape index (κ3) is 2.88. The highest BCUT2D eigenvalue weighted by Crippen LogP contribution is 2.33. The summed E-state index contributed by atoms with van der Waals surface area (Å²) >= 11 is 0. The molecule has 112 valence electrons. The van der Waals surface area contributed by atoms with Gasteiger partial charge in [-0.1, -0.05) is 0 Å². The van der Waals surface area contributed by atoms with Crippen molar-refractivity contribution in [3.05, 3.63) is 24.3 Å². The molecule has 6 nitrogen and oxygen atoms in total. The van der Waals surface area contributed by atoms with E-state index in [1.54, 1.807) is 0 Å². The zero-order chi connectivity index (χ0) is 14.7. The van der Waals surface area contributed by atoms with E-state index in [-0.39, 0.29) is 24.2 Å². The normalized spacial score (nSPS) is 25.7. The molecule has 0 aliphatic carbocycles. The van der Waals surface area contributed by atoms with Crippen molar-refractivity contribution in [2.45, 2.75) is 37.0 Å². The molecule has 4 unspecified atom stereocenters. The zero-order valence-corrected chi connectivity index (χ0v) is 11.8. The molecule has 1 heterocycles. The minimum Gasteiger partial charge on any atom is -0.399 e. The number of nitrogens with zero attached hydrogens (tertiary/aromatic N) is 1. The summed E-state index contributed by atoms with van der Waals surface area (Å²) in [4.78, 5) is 2.29. The lowest BCUT2D eigenvalue weighted by atomic mass is 10.1. The van der Waals surface area contributed by atoms with Crippen LogP contribution in [0.2, 0.25) is 0 Å². The monoisotopic (exact) mass is 278 g/mol. The SMILES string of the molecule is NCC(N)C1CCC(C(N)CN)N1c1ccc(N)cc1. The van der Waals surface area contributed by atoms with Gasteiger partial charge in [0, 0.05) is 48.6 Å². The van der Waals surface area contributed by atoms with Crippen LogP contribution in [0.4, 0.5) is 11.4 Å². The van der Waals surface area contributed by atoms with E-state index < -0.39 is 0 Å². The second kappa shape index (κ2) is 6.41. The van der Waals surface area contributed by atoms with Crippen molar-refractivity contribution in [2.75, 3.05) is 23.7 Å². The Morgan fingerprint density at radius 1 is 0.950 bits per heavy atom. The molecule has 10 N–H and O–H groups in total. The summed E-state index contributed by atoms with van der Waals surface area (Å²) in [6.07, 6.45) is 1.97. The topological polar surface area (TPSA) is 133 Å². The highest BCUT2D eigenvalue weighted by Gasteiger charge is 2.38. The van der Waals surface area contributed by atoms with Gasteiger partial charge in [0.15, 0.2) is 0 Å². The van der Waals surface area contributed by atoms with Gasteiger partial charge in [-0.15, -0.1) is 0 Å². The standard InChI is InChI=1S/C14H26N6/c15-7-11(18)13-5-6-14(12(19)8-16)20(13)10-3-1-9(17)2-4-10/h1-4,11-14H,5-8,15-19H2. The number of rotatable bonds is 5. The third-order valence-electron chi connectivity index (χ3n) is 4.20. The van der Waals surface area contributed by atoms with Crippen molar-refractivity contribution in [3.8, 4) is 0 Å². The minimum absolute atomic E-state index is 0.0671. The lowest BCUT2D eigenvalue weighted by Gasteiger charge is -2.37. The van der Waals surface area contributed by atoms with Gasteiger partial charge in [0.05, 0.1) is 0 Å². The third-order valence-corrected chi connectivity index (χ3v) is 4.20. The highest BCUT2D eigenvalue weighted by molar-refractivity contribution is 5.55. The molecule has 6 heteroatoms. The molecule has 1 aromatic carbocycles. The summed E-state index contributed by atoms with van der Waals surface area (Å²) in [5.41, 5.74) is 31.4. The van der Waals surface area contributed by atoms with Gasteiger partial charge in [-0.3, -0.25) is 0 Å². The van der Waals surface area contributed by atoms with E-state index in [0.29, 0.717) is 13.1 Å². The van der Waals surface area contributed by atoms with Crippen LogP contribution in [0.15, 0.2) is 24.3 Å². The lowest BCUT2D eigenvalue weighted by molar-refractivity contribution is 0.488. The summed E-state index contributed by atoms with van der Waals surface area (Å²) < 4.78 is 0. The second-order valence-electron chi connectivity index (χ2n) is 5.51. The molecule has 20 heavy (non-hydrogen) atoms. The molecule has 4 atom stereocenters. The van der Waals surface area contributed by atoms with E-state index in [0.717, 1.165) is 24.2 Å². The first-order valence-electron chi connectivity index (χ1n) is 7.13. The fourth-order valence-electron chi connectivity index (χ4n) is 3.05. The van der Waals surface area contributed by atoms with Crippen molar-refractivity contribution >= 4 is 11.4 Å². The van der Waals surface area contributed by atoms with Gasteiger partial charge < -0.3 is 33.6 Å². The van der Waals surface area contributed by atoms with Crippen LogP contribution in [-0.4, -0.2) is 37.3 Å². The maximum Gasteiger partial charge on any atom is 0.0458 e. The van der Waals surface area contributed by atoms with Crippen LogP contribution < -0.4 is 33.6 Å². The fraction of sp³-hybridized carbons (Fsp3) is 0.571. The van der Waals surface area contributed by atoms with Crippen molar-refractivity contribution in [3.63, 3.8) is 0 Å². The number of nitrogens with two attached hydrogens (primary N) is 5. The van der Waals surface area contributed by atoms with E-state index in [1.165, 1.54) is 0 Å². The van der Waals surface area contributed by atoms with Gasteiger partial charge in [0.25, 0.3) is 0 Å². The van der Waals surface area contributed by atoms with Crippen molar-refractivity contribution < 1.29 is 0 Å². The molecule has 1 aliphatic rings. The van der Waals surface area contributed by atoms with Crippen LogP contribution >= 0.6 is 0 Å². The molecule has 0 radical (unpaired) electrons. The van der Waals surface area contributed by atoms with Gasteiger partial charge in [0.2, 0.25) is 0 Å². The van der Waals surface area contributed by atoms with Crippen LogP contribution in [0.3, 0.4) is 0 Å². The zero-order valence-electron chi connectivity index (χ0n) is 11.8. The number of anilines is 2. The van der Waals surface area contributed by atoms with Crippen LogP contribution in [0.5, 0.6) is 0 Å². The molecular weight excluding hydrogens is 252 g/mol. The average Bonchev–Trinajstić information content (AvgIpc) is 2.91. The van der Waals surface area contributed by atoms with E-state index in [2.05, 4.69) is 4.90 Å². The fourth-order valence-corrected chi connectivity index (χ4v) is 3.05. The number of nitrogen functional groups attached to an aromatic ring is 1. The Hall–Kier alpha value is -1.34. The maximum atomic E-state index is 6.18. The molecule has 1 aromatic rings. The molecule has 1 aliphatic heterocycles. The first-order chi connectivity index (χ1) is 9.58. The summed E-state index contributed by atoms with van der Waals surface area (Å²) in [7, 11) is 0. The first kappa shape index (κ1) is 15.1. The molecule has 0 spiro atoms. The maximum absolute atomic E-state index is 6.18. The molecule has 1 saturated heterocycles. The molecular formula is C14H26N6. The predicted octanol–water partition coefficient (Wildman–Crippen LogP) is -0.822. The van der Waals surface area contributed by atoms with Gasteiger partial charge in [0.1, 0.15) is 0 Å². The van der Waals surface area contributed by atoms with Gasteiger partial charge in [-0.25, -0.2) is 0 Å². The van der Waals surface area contributed by atoms with Gasteiger partial charge in [-0.2, -0.15) is 0 Å².